The highest BCUT2D eigenvalue weighted by atomic mass is 16.5. The van der Waals surface area contributed by atoms with Crippen LogP contribution in [0.3, 0.4) is 0 Å². The summed E-state index contributed by atoms with van der Waals surface area (Å²) in [7, 11) is 2.08. The van der Waals surface area contributed by atoms with Gasteiger partial charge in [0.2, 0.25) is 0 Å². The molecule has 1 saturated heterocycles. The Morgan fingerprint density at radius 1 is 0.964 bits per heavy atom. The van der Waals surface area contributed by atoms with Crippen molar-refractivity contribution in [3.63, 3.8) is 0 Å². The third-order valence-corrected chi connectivity index (χ3v) is 4.99. The molecule has 2 aromatic carbocycles. The van der Waals surface area contributed by atoms with Crippen LogP contribution in [0.15, 0.2) is 36.4 Å². The highest BCUT2D eigenvalue weighted by molar-refractivity contribution is 5.94. The molecule has 0 spiro atoms. The van der Waals surface area contributed by atoms with Crippen LogP contribution in [0.1, 0.15) is 34.0 Å². The first-order valence-electron chi connectivity index (χ1n) is 9.91. The third-order valence-electron chi connectivity index (χ3n) is 4.99. The summed E-state index contributed by atoms with van der Waals surface area (Å²) in [5, 5.41) is 0. The first-order chi connectivity index (χ1) is 13.5. The van der Waals surface area contributed by atoms with Crippen molar-refractivity contribution in [1.29, 1.82) is 0 Å². The average Bonchev–Trinajstić information content (AvgIpc) is 2.67. The van der Waals surface area contributed by atoms with Gasteiger partial charge >= 0.3 is 0 Å². The Morgan fingerprint density at radius 3 is 2.29 bits per heavy atom. The van der Waals surface area contributed by atoms with Gasteiger partial charge < -0.3 is 19.3 Å². The minimum absolute atomic E-state index is 0.0730. The van der Waals surface area contributed by atoms with Gasteiger partial charge in [0.1, 0.15) is 18.1 Å². The molecular formula is C23H30N2O3. The van der Waals surface area contributed by atoms with Gasteiger partial charge in [-0.25, -0.2) is 0 Å². The van der Waals surface area contributed by atoms with E-state index in [9.17, 15) is 4.79 Å². The Hall–Kier alpha value is -2.53. The molecule has 0 N–H and O–H groups in total. The Labute approximate surface area is 167 Å². The van der Waals surface area contributed by atoms with E-state index in [1.165, 1.54) is 11.1 Å². The number of nitrogens with zero attached hydrogens (tertiary/aromatic N) is 2. The minimum atomic E-state index is 0.0730. The highest BCUT2D eigenvalue weighted by Gasteiger charge is 2.21. The fraction of sp³-hybridized carbons (Fsp3) is 0.435. The molecule has 0 unspecified atom stereocenters. The lowest BCUT2D eigenvalue weighted by atomic mass is 10.1. The maximum absolute atomic E-state index is 12.9. The largest absolute Gasteiger partial charge is 0.493 e. The molecule has 0 radical (unpaired) electrons. The third kappa shape index (κ3) is 5.04. The van der Waals surface area contributed by atoms with Gasteiger partial charge in [0.05, 0.1) is 6.61 Å². The number of aryl methyl sites for hydroxylation is 2. The normalized spacial score (nSPS) is 14.8. The van der Waals surface area contributed by atoms with Gasteiger partial charge in [-0.05, 0) is 69.3 Å². The molecule has 1 amide bonds. The van der Waals surface area contributed by atoms with Crippen LogP contribution < -0.4 is 9.47 Å². The molecule has 1 heterocycles. The number of likely N-dealkylation sites (N-methyl/N-ethyl adjacent to an activating group) is 1. The van der Waals surface area contributed by atoms with Gasteiger partial charge in [-0.1, -0.05) is 6.07 Å². The van der Waals surface area contributed by atoms with Crippen molar-refractivity contribution in [2.75, 3.05) is 39.8 Å². The molecule has 1 aliphatic heterocycles. The fourth-order valence-electron chi connectivity index (χ4n) is 3.49. The predicted octanol–water partition coefficient (Wildman–Crippen LogP) is 3.67. The van der Waals surface area contributed by atoms with Gasteiger partial charge in [-0.3, -0.25) is 4.79 Å². The van der Waals surface area contributed by atoms with Crippen molar-refractivity contribution in [2.24, 2.45) is 0 Å². The van der Waals surface area contributed by atoms with E-state index in [4.69, 9.17) is 9.47 Å². The second-order valence-corrected chi connectivity index (χ2v) is 7.46. The molecule has 5 heteroatoms. The van der Waals surface area contributed by atoms with Gasteiger partial charge in [-0.2, -0.15) is 0 Å². The first-order valence-corrected chi connectivity index (χ1v) is 9.91. The van der Waals surface area contributed by atoms with Crippen LogP contribution in [-0.4, -0.2) is 55.5 Å². The second kappa shape index (κ2) is 9.11. The van der Waals surface area contributed by atoms with Gasteiger partial charge in [0.25, 0.3) is 5.91 Å². The SMILES string of the molecule is CCOc1ccc(C(=O)N2CCN(C)CC2)cc1COc1cc(C)cc(C)c1. The molecule has 150 valence electrons. The molecule has 0 aromatic heterocycles. The Bertz CT molecular complexity index is 806. The molecular weight excluding hydrogens is 352 g/mol. The molecule has 5 nitrogen and oxygen atoms in total. The summed E-state index contributed by atoms with van der Waals surface area (Å²) in [5.41, 5.74) is 3.91. The quantitative estimate of drug-likeness (QED) is 0.765. The number of carbonyl (C=O) groups excluding carboxylic acids is 1. The van der Waals surface area contributed by atoms with Crippen LogP contribution in [0.2, 0.25) is 0 Å². The second-order valence-electron chi connectivity index (χ2n) is 7.46. The van der Waals surface area contributed by atoms with Crippen molar-refractivity contribution in [1.82, 2.24) is 9.80 Å². The van der Waals surface area contributed by atoms with Crippen LogP contribution in [0, 0.1) is 13.8 Å². The van der Waals surface area contributed by atoms with E-state index in [-0.39, 0.29) is 5.91 Å². The summed E-state index contributed by atoms with van der Waals surface area (Å²) in [5.74, 6) is 1.67. The lowest BCUT2D eigenvalue weighted by Gasteiger charge is -2.32. The predicted molar refractivity (Wildman–Crippen MR) is 111 cm³/mol. The molecule has 28 heavy (non-hydrogen) atoms. The van der Waals surface area contributed by atoms with Crippen molar-refractivity contribution in [3.8, 4) is 11.5 Å². The number of hydrogen-bond donors (Lipinski definition) is 0. The standard InChI is InChI=1S/C23H30N2O3/c1-5-27-22-7-6-19(23(26)25-10-8-24(4)9-11-25)15-20(22)16-28-21-13-17(2)12-18(3)14-21/h6-7,12-15H,5,8-11,16H2,1-4H3. The zero-order valence-corrected chi connectivity index (χ0v) is 17.3. The summed E-state index contributed by atoms with van der Waals surface area (Å²) < 4.78 is 11.8. The molecule has 2 aromatic rings. The van der Waals surface area contributed by atoms with Crippen molar-refractivity contribution in [2.45, 2.75) is 27.4 Å². The van der Waals surface area contributed by atoms with E-state index in [2.05, 4.69) is 31.9 Å². The van der Waals surface area contributed by atoms with Crippen LogP contribution in [0.5, 0.6) is 11.5 Å². The van der Waals surface area contributed by atoms with E-state index in [1.807, 2.05) is 42.2 Å². The summed E-state index contributed by atoms with van der Waals surface area (Å²) in [4.78, 5) is 17.1. The topological polar surface area (TPSA) is 42.0 Å². The number of rotatable bonds is 6. The Balaban J connectivity index is 1.78. The van der Waals surface area contributed by atoms with Crippen LogP contribution in [0.25, 0.3) is 0 Å². The molecule has 3 rings (SSSR count). The minimum Gasteiger partial charge on any atom is -0.493 e. The lowest BCUT2D eigenvalue weighted by molar-refractivity contribution is 0.0664. The van der Waals surface area contributed by atoms with E-state index in [0.717, 1.165) is 43.2 Å². The number of amides is 1. The lowest BCUT2D eigenvalue weighted by Crippen LogP contribution is -2.47. The number of ether oxygens (including phenoxy) is 2. The molecule has 0 bridgehead atoms. The van der Waals surface area contributed by atoms with Crippen molar-refractivity contribution >= 4 is 5.91 Å². The number of carbonyl (C=O) groups is 1. The average molecular weight is 383 g/mol. The van der Waals surface area contributed by atoms with Crippen molar-refractivity contribution in [3.05, 3.63) is 58.7 Å². The molecule has 1 aliphatic rings. The van der Waals surface area contributed by atoms with Crippen LogP contribution in [-0.2, 0) is 6.61 Å². The maximum atomic E-state index is 12.9. The van der Waals surface area contributed by atoms with Gasteiger partial charge in [0.15, 0.2) is 0 Å². The Morgan fingerprint density at radius 2 is 1.64 bits per heavy atom. The number of benzene rings is 2. The number of hydrogen-bond acceptors (Lipinski definition) is 4. The summed E-state index contributed by atoms with van der Waals surface area (Å²) in [6.07, 6.45) is 0. The van der Waals surface area contributed by atoms with Gasteiger partial charge in [-0.15, -0.1) is 0 Å². The van der Waals surface area contributed by atoms with Crippen molar-refractivity contribution < 1.29 is 14.3 Å². The summed E-state index contributed by atoms with van der Waals surface area (Å²) >= 11 is 0. The van der Waals surface area contributed by atoms with Crippen LogP contribution >= 0.6 is 0 Å². The Kier molecular flexibility index (Phi) is 6.57. The van der Waals surface area contributed by atoms with E-state index in [0.29, 0.717) is 18.8 Å². The highest BCUT2D eigenvalue weighted by Crippen LogP contribution is 2.24. The zero-order valence-electron chi connectivity index (χ0n) is 17.3. The smallest absolute Gasteiger partial charge is 0.253 e. The molecule has 0 aliphatic carbocycles. The molecule has 1 fully saturated rings. The van der Waals surface area contributed by atoms with E-state index < -0.39 is 0 Å². The summed E-state index contributed by atoms with van der Waals surface area (Å²) in [6.45, 7) is 10.3. The number of piperazine rings is 1. The first kappa shape index (κ1) is 20.2. The molecule has 0 atom stereocenters. The monoisotopic (exact) mass is 382 g/mol. The molecule has 0 saturated carbocycles. The van der Waals surface area contributed by atoms with E-state index >= 15 is 0 Å². The van der Waals surface area contributed by atoms with E-state index in [1.54, 1.807) is 0 Å². The zero-order chi connectivity index (χ0) is 20.1. The summed E-state index contributed by atoms with van der Waals surface area (Å²) in [6, 6.07) is 11.8. The van der Waals surface area contributed by atoms with Gasteiger partial charge in [0, 0.05) is 37.3 Å². The maximum Gasteiger partial charge on any atom is 0.253 e. The fourth-order valence-corrected chi connectivity index (χ4v) is 3.49. The van der Waals surface area contributed by atoms with Crippen LogP contribution in [0.4, 0.5) is 0 Å².